The third-order valence-electron chi connectivity index (χ3n) is 4.93. The average Bonchev–Trinajstić information content (AvgIpc) is 3.38. The number of aryl methyl sites for hydroxylation is 1. The van der Waals surface area contributed by atoms with Crippen molar-refractivity contribution in [1.82, 2.24) is 4.57 Å². The largest absolute Gasteiger partial charge is 0.497 e. The SMILES string of the molecule is COc1ccc(Cn2cccc2C2=N[C@@H](CSCc3cccc(C)c3)CO2)cc1. The molecule has 2 aromatic carbocycles. The van der Waals surface area contributed by atoms with E-state index >= 15 is 0 Å². The Morgan fingerprint density at radius 2 is 1.97 bits per heavy atom. The molecule has 1 aliphatic rings. The summed E-state index contributed by atoms with van der Waals surface area (Å²) >= 11 is 1.92. The first-order valence-corrected chi connectivity index (χ1v) is 11.0. The van der Waals surface area contributed by atoms with Gasteiger partial charge in [-0.05, 0) is 42.3 Å². The van der Waals surface area contributed by atoms with Crippen LogP contribution >= 0.6 is 11.8 Å². The standard InChI is InChI=1S/C24H26N2O2S/c1-18-5-3-6-20(13-18)16-29-17-21-15-28-24(25-21)23-7-4-12-26(23)14-19-8-10-22(27-2)11-9-19/h3-13,21H,14-17H2,1-2H3/t21-/m1/s1. The van der Waals surface area contributed by atoms with Crippen molar-refractivity contribution in [3.05, 3.63) is 89.2 Å². The fourth-order valence-corrected chi connectivity index (χ4v) is 4.41. The summed E-state index contributed by atoms with van der Waals surface area (Å²) in [6.45, 7) is 3.57. The van der Waals surface area contributed by atoms with E-state index in [-0.39, 0.29) is 6.04 Å². The Morgan fingerprint density at radius 3 is 2.76 bits per heavy atom. The Hall–Kier alpha value is -2.66. The highest BCUT2D eigenvalue weighted by molar-refractivity contribution is 7.98. The Balaban J connectivity index is 1.36. The van der Waals surface area contributed by atoms with E-state index in [1.165, 1.54) is 16.7 Å². The van der Waals surface area contributed by atoms with Crippen molar-refractivity contribution in [2.75, 3.05) is 19.5 Å². The van der Waals surface area contributed by atoms with E-state index < -0.39 is 0 Å². The second-order valence-electron chi connectivity index (χ2n) is 7.27. The number of methoxy groups -OCH3 is 1. The van der Waals surface area contributed by atoms with Crippen molar-refractivity contribution in [3.8, 4) is 5.75 Å². The van der Waals surface area contributed by atoms with Crippen LogP contribution in [-0.4, -0.2) is 36.0 Å². The average molecular weight is 407 g/mol. The Kier molecular flexibility index (Phi) is 6.25. The molecular formula is C24H26N2O2S. The minimum absolute atomic E-state index is 0.212. The van der Waals surface area contributed by atoms with E-state index in [0.717, 1.165) is 35.4 Å². The van der Waals surface area contributed by atoms with Crippen LogP contribution in [0.3, 0.4) is 0 Å². The number of hydrogen-bond acceptors (Lipinski definition) is 4. The Labute approximate surface area is 176 Å². The van der Waals surface area contributed by atoms with Crippen molar-refractivity contribution in [2.45, 2.75) is 25.3 Å². The van der Waals surface area contributed by atoms with Crippen molar-refractivity contribution in [3.63, 3.8) is 0 Å². The van der Waals surface area contributed by atoms with Crippen LogP contribution in [0.15, 0.2) is 71.9 Å². The van der Waals surface area contributed by atoms with Crippen LogP contribution in [0.4, 0.5) is 0 Å². The van der Waals surface area contributed by atoms with Crippen molar-refractivity contribution in [1.29, 1.82) is 0 Å². The highest BCUT2D eigenvalue weighted by Gasteiger charge is 2.22. The van der Waals surface area contributed by atoms with Gasteiger partial charge < -0.3 is 14.0 Å². The molecule has 0 spiro atoms. The van der Waals surface area contributed by atoms with Crippen LogP contribution < -0.4 is 4.74 Å². The number of aromatic nitrogens is 1. The van der Waals surface area contributed by atoms with Crippen LogP contribution in [0.25, 0.3) is 0 Å². The lowest BCUT2D eigenvalue weighted by Crippen LogP contribution is -2.11. The third kappa shape index (κ3) is 5.04. The van der Waals surface area contributed by atoms with Gasteiger partial charge in [0, 0.05) is 24.2 Å². The summed E-state index contributed by atoms with van der Waals surface area (Å²) in [7, 11) is 1.68. The molecule has 0 N–H and O–H groups in total. The van der Waals surface area contributed by atoms with Gasteiger partial charge in [0.1, 0.15) is 18.1 Å². The summed E-state index contributed by atoms with van der Waals surface area (Å²) in [5, 5.41) is 0. The van der Waals surface area contributed by atoms with Crippen molar-refractivity contribution >= 4 is 17.7 Å². The summed E-state index contributed by atoms with van der Waals surface area (Å²) in [6.07, 6.45) is 2.07. The molecular weight excluding hydrogens is 380 g/mol. The first kappa shape index (κ1) is 19.6. The van der Waals surface area contributed by atoms with E-state index in [4.69, 9.17) is 14.5 Å². The van der Waals surface area contributed by atoms with E-state index in [1.807, 2.05) is 30.0 Å². The summed E-state index contributed by atoms with van der Waals surface area (Å²) in [5.41, 5.74) is 4.93. The van der Waals surface area contributed by atoms with E-state index in [2.05, 4.69) is 60.2 Å². The molecule has 1 aliphatic heterocycles. The van der Waals surface area contributed by atoms with Gasteiger partial charge in [0.2, 0.25) is 5.90 Å². The summed E-state index contributed by atoms with van der Waals surface area (Å²) < 4.78 is 13.4. The summed E-state index contributed by atoms with van der Waals surface area (Å²) in [6, 6.07) is 21.2. The number of thioether (sulfide) groups is 1. The molecule has 4 nitrogen and oxygen atoms in total. The number of nitrogens with zero attached hydrogens (tertiary/aromatic N) is 2. The molecule has 0 aliphatic carbocycles. The fourth-order valence-electron chi connectivity index (χ4n) is 3.43. The number of aliphatic imine (C=N–C) groups is 1. The van der Waals surface area contributed by atoms with E-state index in [1.54, 1.807) is 7.11 Å². The number of hydrogen-bond donors (Lipinski definition) is 0. The molecule has 0 radical (unpaired) electrons. The predicted octanol–water partition coefficient (Wildman–Crippen LogP) is 4.93. The van der Waals surface area contributed by atoms with Crippen LogP contribution in [0.2, 0.25) is 0 Å². The number of rotatable bonds is 8. The molecule has 3 aromatic rings. The predicted molar refractivity (Wildman–Crippen MR) is 120 cm³/mol. The molecule has 4 rings (SSSR count). The highest BCUT2D eigenvalue weighted by Crippen LogP contribution is 2.21. The zero-order valence-electron chi connectivity index (χ0n) is 16.9. The number of ether oxygens (including phenoxy) is 2. The van der Waals surface area contributed by atoms with Gasteiger partial charge in [-0.3, -0.25) is 0 Å². The summed E-state index contributed by atoms with van der Waals surface area (Å²) in [4.78, 5) is 4.84. The lowest BCUT2D eigenvalue weighted by Gasteiger charge is -2.09. The van der Waals surface area contributed by atoms with Crippen LogP contribution in [0, 0.1) is 6.92 Å². The van der Waals surface area contributed by atoms with E-state index in [0.29, 0.717) is 6.61 Å². The fraction of sp³-hybridized carbons (Fsp3) is 0.292. The Bertz CT molecular complexity index is 979. The molecule has 0 amide bonds. The number of benzene rings is 2. The molecule has 0 saturated heterocycles. The van der Waals surface area contributed by atoms with Gasteiger partial charge in [-0.1, -0.05) is 42.0 Å². The van der Waals surface area contributed by atoms with Gasteiger partial charge in [0.25, 0.3) is 0 Å². The minimum atomic E-state index is 0.212. The third-order valence-corrected chi connectivity index (χ3v) is 6.09. The molecule has 0 bridgehead atoms. The van der Waals surface area contributed by atoms with Crippen LogP contribution in [0.5, 0.6) is 5.75 Å². The maximum absolute atomic E-state index is 5.94. The van der Waals surface area contributed by atoms with Gasteiger partial charge in [0.05, 0.1) is 13.2 Å². The molecule has 1 aromatic heterocycles. The molecule has 1 atom stereocenters. The topological polar surface area (TPSA) is 35.8 Å². The monoisotopic (exact) mass is 406 g/mol. The molecule has 5 heteroatoms. The van der Waals surface area contributed by atoms with Gasteiger partial charge in [-0.2, -0.15) is 11.8 Å². The van der Waals surface area contributed by atoms with Gasteiger partial charge in [-0.15, -0.1) is 0 Å². The first-order chi connectivity index (χ1) is 14.2. The molecule has 2 heterocycles. The maximum Gasteiger partial charge on any atom is 0.233 e. The molecule has 0 unspecified atom stereocenters. The minimum Gasteiger partial charge on any atom is -0.497 e. The van der Waals surface area contributed by atoms with Gasteiger partial charge in [-0.25, -0.2) is 4.99 Å². The zero-order valence-corrected chi connectivity index (χ0v) is 17.7. The first-order valence-electron chi connectivity index (χ1n) is 9.83. The summed E-state index contributed by atoms with van der Waals surface area (Å²) in [5.74, 6) is 3.61. The lowest BCUT2D eigenvalue weighted by atomic mass is 10.2. The second-order valence-corrected chi connectivity index (χ2v) is 8.30. The Morgan fingerprint density at radius 1 is 1.10 bits per heavy atom. The molecule has 150 valence electrons. The van der Waals surface area contributed by atoms with Crippen LogP contribution in [-0.2, 0) is 17.0 Å². The highest BCUT2D eigenvalue weighted by atomic mass is 32.2. The van der Waals surface area contributed by atoms with Crippen LogP contribution in [0.1, 0.15) is 22.4 Å². The smallest absolute Gasteiger partial charge is 0.233 e. The molecule has 0 saturated carbocycles. The van der Waals surface area contributed by atoms with Gasteiger partial charge in [0.15, 0.2) is 0 Å². The van der Waals surface area contributed by atoms with Crippen molar-refractivity contribution in [2.24, 2.45) is 4.99 Å². The van der Waals surface area contributed by atoms with E-state index in [9.17, 15) is 0 Å². The zero-order chi connectivity index (χ0) is 20.1. The second kappa shape index (κ2) is 9.23. The lowest BCUT2D eigenvalue weighted by molar-refractivity contribution is 0.323. The molecule has 29 heavy (non-hydrogen) atoms. The molecule has 0 fully saturated rings. The maximum atomic E-state index is 5.94. The quantitative estimate of drug-likeness (QED) is 0.532. The van der Waals surface area contributed by atoms with Crippen molar-refractivity contribution < 1.29 is 9.47 Å². The van der Waals surface area contributed by atoms with Gasteiger partial charge >= 0.3 is 0 Å². The normalized spacial score (nSPS) is 15.8.